The summed E-state index contributed by atoms with van der Waals surface area (Å²) >= 11 is 12.7. The number of benzene rings is 2. The summed E-state index contributed by atoms with van der Waals surface area (Å²) in [5.41, 5.74) is 3.04. The molecule has 0 unspecified atom stereocenters. The molecule has 2 amide bonds. The number of hydrogen-bond acceptors (Lipinski definition) is 11. The highest BCUT2D eigenvalue weighted by molar-refractivity contribution is 7.89. The Hall–Kier alpha value is -2.41. The number of nitrogens with one attached hydrogen (secondary N) is 3. The van der Waals surface area contributed by atoms with Gasteiger partial charge >= 0.3 is 0 Å². The van der Waals surface area contributed by atoms with Crippen LogP contribution >= 0.6 is 23.2 Å². The van der Waals surface area contributed by atoms with E-state index >= 15 is 0 Å². The van der Waals surface area contributed by atoms with Crippen LogP contribution in [0.5, 0.6) is 0 Å². The van der Waals surface area contributed by atoms with Gasteiger partial charge in [0.1, 0.15) is 0 Å². The van der Waals surface area contributed by atoms with Gasteiger partial charge in [-0.25, -0.2) is 13.1 Å². The highest BCUT2D eigenvalue weighted by Gasteiger charge is 2.30. The standard InChI is InChI=1S/C32H46Cl2N4O10S/c1-3-45-11-8-35-31(41)29(39)30(40)32(42)36-9-12-46-14-16-48-17-15-47-13-10-37-49(43,44)24-6-4-22(5-7-24)26-20-38(2)21-27-25(26)18-23(33)19-28(27)34/h4-7,18-19,26,29-30,37,39-40H,3,8-17,20-21H2,1-2H3,(H,35,41)(H,36,42)/t26-,29+,30+/m0/s1. The number of sulfonamides is 1. The Labute approximate surface area is 297 Å². The van der Waals surface area contributed by atoms with E-state index in [1.165, 1.54) is 0 Å². The van der Waals surface area contributed by atoms with Crippen molar-refractivity contribution >= 4 is 45.0 Å². The van der Waals surface area contributed by atoms with Crippen molar-refractivity contribution in [3.8, 4) is 0 Å². The van der Waals surface area contributed by atoms with E-state index in [2.05, 4.69) is 20.3 Å². The molecule has 0 saturated heterocycles. The van der Waals surface area contributed by atoms with Gasteiger partial charge in [0, 0.05) is 55.3 Å². The second-order valence-corrected chi connectivity index (χ2v) is 13.8. The molecule has 2 aromatic rings. The summed E-state index contributed by atoms with van der Waals surface area (Å²) in [5.74, 6) is -1.78. The second kappa shape index (κ2) is 21.1. The van der Waals surface area contributed by atoms with Crippen LogP contribution in [0.1, 0.15) is 29.5 Å². The Morgan fingerprint density at radius 1 is 0.857 bits per heavy atom. The first-order chi connectivity index (χ1) is 23.4. The molecule has 0 fully saturated rings. The molecular weight excluding hydrogens is 703 g/mol. The first kappa shape index (κ1) is 41.0. The predicted octanol–water partition coefficient (Wildman–Crippen LogP) is 0.890. The molecule has 1 aliphatic heterocycles. The number of halogens is 2. The van der Waals surface area contributed by atoms with Crippen LogP contribution in [0.4, 0.5) is 0 Å². The molecule has 14 nitrogen and oxygen atoms in total. The third kappa shape index (κ3) is 13.3. The maximum absolute atomic E-state index is 12.8. The van der Waals surface area contributed by atoms with E-state index in [-0.39, 0.29) is 76.7 Å². The lowest BCUT2D eigenvalue weighted by molar-refractivity contribution is -0.146. The molecule has 49 heavy (non-hydrogen) atoms. The molecule has 0 bridgehead atoms. The fourth-order valence-electron chi connectivity index (χ4n) is 5.02. The number of amides is 2. The Balaban J connectivity index is 1.24. The number of aliphatic hydroxyl groups is 2. The number of ether oxygens (including phenoxy) is 4. The third-order valence-corrected chi connectivity index (χ3v) is 9.53. The summed E-state index contributed by atoms with van der Waals surface area (Å²) in [6.45, 7) is 5.52. The SMILES string of the molecule is CCOCCNC(=O)[C@H](O)[C@@H](O)C(=O)NCCOCCOCCOCCNS(=O)(=O)c1ccc([C@@H]2CN(C)Cc3c(Cl)cc(Cl)cc32)cc1. The quantitative estimate of drug-likeness (QED) is 0.108. The van der Waals surface area contributed by atoms with Crippen molar-refractivity contribution in [1.29, 1.82) is 0 Å². The van der Waals surface area contributed by atoms with Gasteiger partial charge in [-0.2, -0.15) is 0 Å². The molecule has 3 rings (SSSR count). The number of hydrogen-bond donors (Lipinski definition) is 5. The molecule has 274 valence electrons. The minimum atomic E-state index is -3.73. The van der Waals surface area contributed by atoms with E-state index in [0.717, 1.165) is 23.2 Å². The number of nitrogens with zero attached hydrogens (tertiary/aromatic N) is 1. The van der Waals surface area contributed by atoms with E-state index in [0.29, 0.717) is 23.2 Å². The number of rotatable bonds is 22. The van der Waals surface area contributed by atoms with Crippen molar-refractivity contribution in [1.82, 2.24) is 20.3 Å². The summed E-state index contributed by atoms with van der Waals surface area (Å²) in [5, 5.41) is 25.6. The van der Waals surface area contributed by atoms with Crippen LogP contribution in [0, 0.1) is 0 Å². The summed E-state index contributed by atoms with van der Waals surface area (Å²) in [6, 6.07) is 10.5. The van der Waals surface area contributed by atoms with E-state index in [9.17, 15) is 28.2 Å². The van der Waals surface area contributed by atoms with Crippen molar-refractivity contribution in [3.05, 3.63) is 63.1 Å². The molecular formula is C32H46Cl2N4O10S. The van der Waals surface area contributed by atoms with Crippen molar-refractivity contribution in [2.75, 3.05) is 86.1 Å². The lowest BCUT2D eigenvalue weighted by atomic mass is 9.85. The van der Waals surface area contributed by atoms with Crippen molar-refractivity contribution in [2.24, 2.45) is 0 Å². The van der Waals surface area contributed by atoms with E-state index in [1.807, 2.05) is 25.2 Å². The zero-order valence-electron chi connectivity index (χ0n) is 27.7. The van der Waals surface area contributed by atoms with Gasteiger partial charge < -0.3 is 44.7 Å². The van der Waals surface area contributed by atoms with Crippen LogP contribution < -0.4 is 15.4 Å². The smallest absolute Gasteiger partial charge is 0.252 e. The van der Waals surface area contributed by atoms with Gasteiger partial charge in [-0.1, -0.05) is 35.3 Å². The fraction of sp³-hybridized carbons (Fsp3) is 0.562. The highest BCUT2D eigenvalue weighted by atomic mass is 35.5. The zero-order chi connectivity index (χ0) is 35.8. The molecule has 1 heterocycles. The molecule has 2 aromatic carbocycles. The van der Waals surface area contributed by atoms with E-state index in [4.69, 9.17) is 42.1 Å². The average molecular weight is 750 g/mol. The molecule has 0 aliphatic carbocycles. The Morgan fingerprint density at radius 3 is 1.96 bits per heavy atom. The zero-order valence-corrected chi connectivity index (χ0v) is 30.0. The number of aliphatic hydroxyl groups excluding tert-OH is 2. The normalized spacial score (nSPS) is 16.2. The molecule has 1 aliphatic rings. The third-order valence-electron chi connectivity index (χ3n) is 7.50. The van der Waals surface area contributed by atoms with E-state index < -0.39 is 34.0 Å². The summed E-state index contributed by atoms with van der Waals surface area (Å²) < 4.78 is 49.4. The van der Waals surface area contributed by atoms with Gasteiger partial charge in [-0.3, -0.25) is 9.59 Å². The molecule has 0 saturated carbocycles. The topological polar surface area (TPSA) is 185 Å². The van der Waals surface area contributed by atoms with Crippen LogP contribution in [-0.4, -0.2) is 134 Å². The maximum atomic E-state index is 12.8. The first-order valence-electron chi connectivity index (χ1n) is 15.9. The Bertz CT molecular complexity index is 1450. The van der Waals surface area contributed by atoms with E-state index in [1.54, 1.807) is 25.1 Å². The Kier molecular flexibility index (Phi) is 17.6. The van der Waals surface area contributed by atoms with Crippen molar-refractivity contribution < 1.29 is 47.2 Å². The monoisotopic (exact) mass is 748 g/mol. The summed E-state index contributed by atoms with van der Waals surface area (Å²) in [6.07, 6.45) is -3.83. The van der Waals surface area contributed by atoms with Gasteiger partial charge in [-0.15, -0.1) is 0 Å². The predicted molar refractivity (Wildman–Crippen MR) is 183 cm³/mol. The Morgan fingerprint density at radius 2 is 1.39 bits per heavy atom. The van der Waals surface area contributed by atoms with Gasteiger partial charge in [0.25, 0.3) is 11.8 Å². The van der Waals surface area contributed by atoms with Gasteiger partial charge in [-0.05, 0) is 54.9 Å². The number of carbonyl (C=O) groups is 2. The molecule has 3 atom stereocenters. The van der Waals surface area contributed by atoms with Gasteiger partial charge in [0.2, 0.25) is 10.0 Å². The molecule has 0 aromatic heterocycles. The first-order valence-corrected chi connectivity index (χ1v) is 18.2. The average Bonchev–Trinajstić information content (AvgIpc) is 3.08. The van der Waals surface area contributed by atoms with Crippen LogP contribution in [-0.2, 0) is 45.1 Å². The largest absolute Gasteiger partial charge is 0.380 e. The summed E-state index contributed by atoms with van der Waals surface area (Å²) in [7, 11) is -1.72. The van der Waals surface area contributed by atoms with Crippen LogP contribution in [0.25, 0.3) is 0 Å². The van der Waals surface area contributed by atoms with Gasteiger partial charge in [0.05, 0.1) is 51.1 Å². The number of fused-ring (bicyclic) bond motifs is 1. The molecule has 0 spiro atoms. The minimum absolute atomic E-state index is 0.00364. The van der Waals surface area contributed by atoms with Gasteiger partial charge in [0.15, 0.2) is 12.2 Å². The lowest BCUT2D eigenvalue weighted by Crippen LogP contribution is -2.50. The molecule has 0 radical (unpaired) electrons. The lowest BCUT2D eigenvalue weighted by Gasteiger charge is -2.33. The van der Waals surface area contributed by atoms with Crippen molar-refractivity contribution in [3.63, 3.8) is 0 Å². The molecule has 17 heteroatoms. The second-order valence-electron chi connectivity index (χ2n) is 11.2. The number of carbonyl (C=O) groups excluding carboxylic acids is 2. The minimum Gasteiger partial charge on any atom is -0.380 e. The highest BCUT2D eigenvalue weighted by Crippen LogP contribution is 2.38. The van der Waals surface area contributed by atoms with Crippen molar-refractivity contribution in [2.45, 2.75) is 36.5 Å². The van der Waals surface area contributed by atoms with Crippen LogP contribution in [0.3, 0.4) is 0 Å². The van der Waals surface area contributed by atoms with Crippen LogP contribution in [0.15, 0.2) is 41.3 Å². The molecule has 5 N–H and O–H groups in total. The summed E-state index contributed by atoms with van der Waals surface area (Å²) in [4.78, 5) is 26.0. The number of likely N-dealkylation sites (N-methyl/N-ethyl adjacent to an activating group) is 1. The fourth-order valence-corrected chi connectivity index (χ4v) is 6.60. The maximum Gasteiger partial charge on any atom is 0.252 e. The van der Waals surface area contributed by atoms with Crippen LogP contribution in [0.2, 0.25) is 10.0 Å².